The van der Waals surface area contributed by atoms with Gasteiger partial charge in [0.25, 0.3) is 16.4 Å². The fraction of sp³-hybridized carbons (Fsp3) is 0.267. The third kappa shape index (κ3) is 6.63. The van der Waals surface area contributed by atoms with Crippen LogP contribution in [0, 0.1) is 10.7 Å². The first-order valence-electron chi connectivity index (χ1n) is 7.10. The molecule has 0 spiro atoms. The molecule has 0 aliphatic heterocycles. The van der Waals surface area contributed by atoms with E-state index in [4.69, 9.17) is 32.7 Å². The van der Waals surface area contributed by atoms with E-state index in [-0.39, 0.29) is 27.5 Å². The first-order valence-corrected chi connectivity index (χ1v) is 11.1. The lowest BCUT2D eigenvalue weighted by Gasteiger charge is -2.20. The van der Waals surface area contributed by atoms with Gasteiger partial charge in [0.2, 0.25) is 6.10 Å². The van der Waals surface area contributed by atoms with Crippen LogP contribution in [0.2, 0.25) is 0 Å². The van der Waals surface area contributed by atoms with E-state index in [1.165, 1.54) is 0 Å². The number of rotatable bonds is 7. The van der Waals surface area contributed by atoms with E-state index in [0.717, 1.165) is 13.8 Å². The molecule has 152 valence electrons. The zero-order valence-corrected chi connectivity index (χ0v) is 22.0. The van der Waals surface area contributed by atoms with Crippen molar-refractivity contribution in [3.63, 3.8) is 0 Å². The number of ether oxygens (including phenoxy) is 2. The summed E-state index contributed by atoms with van der Waals surface area (Å²) in [6.07, 6.45) is -1.45. The Balaban J connectivity index is 3.43. The number of carbonyl (C=O) groups is 5. The van der Waals surface area contributed by atoms with Crippen molar-refractivity contribution in [2.24, 2.45) is 0 Å². The minimum absolute atomic E-state index is 0.00777. The number of hydrogen-bond acceptors (Lipinski definition) is 7. The molecule has 1 atom stereocenters. The number of carbonyl (C=O) groups excluding carboxylic acids is 5. The summed E-state index contributed by atoms with van der Waals surface area (Å²) in [5.41, 5.74) is 0.0674. The van der Waals surface area contributed by atoms with Crippen LogP contribution in [0.15, 0.2) is 0 Å². The molecule has 1 amide bonds. The summed E-state index contributed by atoms with van der Waals surface area (Å²) in [4.78, 5) is 58.5. The molecular weight excluding hydrogens is 758 g/mol. The van der Waals surface area contributed by atoms with Gasteiger partial charge in [-0.1, -0.05) is 0 Å². The van der Waals surface area contributed by atoms with Crippen molar-refractivity contribution in [2.45, 2.75) is 20.0 Å². The molecule has 0 saturated heterocycles. The van der Waals surface area contributed by atoms with E-state index in [9.17, 15) is 24.0 Å². The summed E-state index contributed by atoms with van der Waals surface area (Å²) < 4.78 is 10.4. The van der Waals surface area contributed by atoms with Crippen molar-refractivity contribution in [2.75, 3.05) is 11.9 Å². The van der Waals surface area contributed by atoms with Crippen LogP contribution in [0.5, 0.6) is 0 Å². The van der Waals surface area contributed by atoms with Crippen LogP contribution in [0.4, 0.5) is 5.69 Å². The molecular formula is C15H10Cl2I3NO7. The molecule has 0 saturated carbocycles. The summed E-state index contributed by atoms with van der Waals surface area (Å²) in [6.45, 7) is 1.70. The first kappa shape index (κ1) is 25.8. The molecule has 0 aliphatic carbocycles. The number of halogens is 5. The molecule has 0 bridgehead atoms. The van der Waals surface area contributed by atoms with E-state index in [0.29, 0.717) is 0 Å². The van der Waals surface area contributed by atoms with E-state index >= 15 is 0 Å². The summed E-state index contributed by atoms with van der Waals surface area (Å²) in [6, 6.07) is 0. The van der Waals surface area contributed by atoms with Crippen LogP contribution in [0.1, 0.15) is 34.6 Å². The minimum atomic E-state index is -1.45. The van der Waals surface area contributed by atoms with Crippen LogP contribution >= 0.6 is 91.0 Å². The van der Waals surface area contributed by atoms with E-state index in [2.05, 4.69) is 5.32 Å². The van der Waals surface area contributed by atoms with Gasteiger partial charge in [-0.05, 0) is 91.0 Å². The summed E-state index contributed by atoms with van der Waals surface area (Å²) in [5.74, 6) is -2.28. The van der Waals surface area contributed by atoms with Crippen LogP contribution in [-0.4, -0.2) is 41.0 Å². The summed E-state index contributed by atoms with van der Waals surface area (Å²) in [5, 5.41) is 0.777. The topological polar surface area (TPSA) is 116 Å². The Morgan fingerprint density at radius 2 is 1.36 bits per heavy atom. The minimum Gasteiger partial charge on any atom is -0.461 e. The molecule has 0 aromatic heterocycles. The molecule has 28 heavy (non-hydrogen) atoms. The Morgan fingerprint density at radius 3 is 1.71 bits per heavy atom. The monoisotopic (exact) mass is 767 g/mol. The van der Waals surface area contributed by atoms with Gasteiger partial charge in [-0.15, -0.1) is 0 Å². The highest BCUT2D eigenvalue weighted by molar-refractivity contribution is 14.1. The van der Waals surface area contributed by atoms with E-state index in [1.54, 1.807) is 67.8 Å². The second kappa shape index (κ2) is 11.2. The van der Waals surface area contributed by atoms with Crippen molar-refractivity contribution in [1.82, 2.24) is 0 Å². The van der Waals surface area contributed by atoms with Gasteiger partial charge >= 0.3 is 11.9 Å². The maximum absolute atomic E-state index is 12.6. The van der Waals surface area contributed by atoms with Gasteiger partial charge in [-0.3, -0.25) is 24.0 Å². The third-order valence-electron chi connectivity index (χ3n) is 3.00. The molecule has 13 heteroatoms. The molecule has 0 aliphatic rings. The van der Waals surface area contributed by atoms with Crippen molar-refractivity contribution in [1.29, 1.82) is 0 Å². The second-order valence-electron chi connectivity index (χ2n) is 5.00. The summed E-state index contributed by atoms with van der Waals surface area (Å²) >= 11 is 16.6. The lowest BCUT2D eigenvalue weighted by molar-refractivity contribution is -0.160. The maximum atomic E-state index is 12.6. The normalized spacial score (nSPS) is 11.4. The molecule has 8 nitrogen and oxygen atoms in total. The highest BCUT2D eigenvalue weighted by Crippen LogP contribution is 2.37. The molecule has 1 aromatic rings. The Kier molecular flexibility index (Phi) is 10.3. The second-order valence-corrected chi connectivity index (χ2v) is 8.93. The number of benzene rings is 1. The Bertz CT molecular complexity index is 835. The number of nitrogens with one attached hydrogen (secondary N) is 1. The lowest BCUT2D eigenvalue weighted by Crippen LogP contribution is -2.37. The van der Waals surface area contributed by atoms with E-state index < -0.39 is 41.0 Å². The van der Waals surface area contributed by atoms with Crippen LogP contribution < -0.4 is 5.32 Å². The predicted molar refractivity (Wildman–Crippen MR) is 126 cm³/mol. The quantitative estimate of drug-likeness (QED) is 0.256. The fourth-order valence-electron chi connectivity index (χ4n) is 1.88. The van der Waals surface area contributed by atoms with Gasteiger partial charge in [0, 0.05) is 17.4 Å². The highest BCUT2D eigenvalue weighted by Gasteiger charge is 2.30. The molecule has 1 rings (SSSR count). The average molecular weight is 768 g/mol. The fourth-order valence-corrected chi connectivity index (χ4v) is 7.31. The zero-order chi connectivity index (χ0) is 21.8. The van der Waals surface area contributed by atoms with Crippen LogP contribution in [0.25, 0.3) is 0 Å². The van der Waals surface area contributed by atoms with Crippen molar-refractivity contribution in [3.05, 3.63) is 21.8 Å². The van der Waals surface area contributed by atoms with Gasteiger partial charge < -0.3 is 14.8 Å². The van der Waals surface area contributed by atoms with Gasteiger partial charge in [0.05, 0.1) is 24.0 Å². The zero-order valence-electron chi connectivity index (χ0n) is 14.0. The molecule has 1 N–H and O–H groups in total. The van der Waals surface area contributed by atoms with Crippen LogP contribution in [0.3, 0.4) is 0 Å². The Hall–Kier alpha value is -0.260. The average Bonchev–Trinajstić information content (AvgIpc) is 2.53. The molecule has 1 unspecified atom stereocenters. The molecule has 0 fully saturated rings. The van der Waals surface area contributed by atoms with Gasteiger partial charge in [-0.25, -0.2) is 0 Å². The van der Waals surface area contributed by atoms with E-state index in [1.807, 2.05) is 0 Å². The standard InChI is InChI=1S/C15H10Cl2I3NO7/c1-4(22)27-3-6(28-5(2)23)15(26)21-12-10(19)7(13(16)24)9(18)8(11(12)20)14(17)25/h6H,3H2,1-2H3,(H,21,26). The maximum Gasteiger partial charge on any atom is 0.303 e. The number of esters is 2. The van der Waals surface area contributed by atoms with Gasteiger partial charge in [-0.2, -0.15) is 0 Å². The number of amides is 1. The van der Waals surface area contributed by atoms with Gasteiger partial charge in [0.15, 0.2) is 0 Å². The molecule has 1 aromatic carbocycles. The predicted octanol–water partition coefficient (Wildman–Crippen LogP) is 3.69. The van der Waals surface area contributed by atoms with Crippen LogP contribution in [-0.2, 0) is 23.9 Å². The molecule has 0 heterocycles. The molecule has 0 radical (unpaired) electrons. The largest absolute Gasteiger partial charge is 0.461 e. The van der Waals surface area contributed by atoms with Crippen molar-refractivity contribution in [3.8, 4) is 0 Å². The Labute approximate surface area is 210 Å². The summed E-state index contributed by atoms with van der Waals surface area (Å²) in [7, 11) is 0. The smallest absolute Gasteiger partial charge is 0.303 e. The van der Waals surface area contributed by atoms with Crippen molar-refractivity contribution >= 4 is 125 Å². The lowest BCUT2D eigenvalue weighted by atomic mass is 10.1. The number of anilines is 1. The number of hydrogen-bond donors (Lipinski definition) is 1. The SMILES string of the molecule is CC(=O)OCC(OC(C)=O)C(=O)Nc1c(I)c(C(=O)Cl)c(I)c(C(=O)Cl)c1I. The third-order valence-corrected chi connectivity index (χ3v) is 6.61. The van der Waals surface area contributed by atoms with Crippen molar-refractivity contribution < 1.29 is 33.4 Å². The highest BCUT2D eigenvalue weighted by atomic mass is 127. The van der Waals surface area contributed by atoms with Gasteiger partial charge in [0.1, 0.15) is 6.61 Å². The first-order chi connectivity index (χ1) is 12.9. The Morgan fingerprint density at radius 1 is 0.893 bits per heavy atom.